The molecule has 0 aliphatic rings. The van der Waals surface area contributed by atoms with E-state index in [4.69, 9.17) is 10.1 Å². The van der Waals surface area contributed by atoms with Crippen molar-refractivity contribution < 1.29 is 13.3 Å². The highest BCUT2D eigenvalue weighted by molar-refractivity contribution is 7.84. The van der Waals surface area contributed by atoms with Gasteiger partial charge >= 0.3 is 0 Å². The number of nitrogens with zero attached hydrogens (tertiary/aromatic N) is 2. The van der Waals surface area contributed by atoms with Gasteiger partial charge in [-0.05, 0) is 58.5 Å². The first-order valence-electron chi connectivity index (χ1n) is 7.60. The maximum Gasteiger partial charge on any atom is 0.236 e. The molecule has 1 aromatic heterocycles. The fourth-order valence-corrected chi connectivity index (χ4v) is 3.12. The molecule has 24 heavy (non-hydrogen) atoms. The fraction of sp³-hybridized carbons (Fsp3) is 0.471. The van der Waals surface area contributed by atoms with Crippen molar-refractivity contribution in [3.8, 4) is 0 Å². The molecule has 0 radical (unpaired) electrons. The molecule has 134 valence electrons. The number of rotatable bonds is 7. The van der Waals surface area contributed by atoms with Crippen molar-refractivity contribution in [3.63, 3.8) is 0 Å². The molecule has 5 nitrogen and oxygen atoms in total. The van der Waals surface area contributed by atoms with Gasteiger partial charge in [-0.3, -0.25) is 9.98 Å². The Morgan fingerprint density at radius 1 is 1.54 bits per heavy atom. The molecular weight excluding hydrogens is 329 g/mol. The van der Waals surface area contributed by atoms with Gasteiger partial charge in [0.1, 0.15) is 12.1 Å². The summed E-state index contributed by atoms with van der Waals surface area (Å²) in [4.78, 5) is 0. The number of aromatic nitrogens is 1. The van der Waals surface area contributed by atoms with E-state index in [9.17, 15) is 8.60 Å². The van der Waals surface area contributed by atoms with E-state index in [0.29, 0.717) is 6.54 Å². The van der Waals surface area contributed by atoms with Gasteiger partial charge in [0.2, 0.25) is 5.88 Å². The molecule has 7 heteroatoms. The zero-order valence-electron chi connectivity index (χ0n) is 14.9. The largest absolute Gasteiger partial charge is 0.475 e. The lowest BCUT2D eigenvalue weighted by atomic mass is 10.3. The van der Waals surface area contributed by atoms with Crippen molar-refractivity contribution in [1.29, 1.82) is 5.41 Å². The number of hydrogen-bond acceptors (Lipinski definition) is 3. The van der Waals surface area contributed by atoms with Crippen LogP contribution in [0.1, 0.15) is 26.3 Å². The lowest BCUT2D eigenvalue weighted by Crippen LogP contribution is -2.37. The van der Waals surface area contributed by atoms with Crippen molar-refractivity contribution in [2.75, 3.05) is 20.2 Å². The summed E-state index contributed by atoms with van der Waals surface area (Å²) in [5.41, 5.74) is 1.00. The van der Waals surface area contributed by atoms with E-state index in [-0.39, 0.29) is 22.7 Å². The average Bonchev–Trinajstić information content (AvgIpc) is 2.50. The van der Waals surface area contributed by atoms with Gasteiger partial charge in [0.05, 0.1) is 15.7 Å². The van der Waals surface area contributed by atoms with Crippen LogP contribution in [0.2, 0.25) is 0 Å². The number of ether oxygens (including phenoxy) is 1. The summed E-state index contributed by atoms with van der Waals surface area (Å²) in [6.07, 6.45) is 2.62. The molecule has 1 heterocycles. The maximum absolute atomic E-state index is 14.1. The van der Waals surface area contributed by atoms with Gasteiger partial charge in [-0.1, -0.05) is 6.58 Å². The lowest BCUT2D eigenvalue weighted by molar-refractivity contribution is 0.231. The second kappa shape index (κ2) is 8.39. The molecule has 0 aliphatic carbocycles. The Morgan fingerprint density at radius 2 is 2.17 bits per heavy atom. The molecule has 0 amide bonds. The molecule has 0 aromatic carbocycles. The van der Waals surface area contributed by atoms with Crippen molar-refractivity contribution in [2.45, 2.75) is 32.4 Å². The number of pyridine rings is 1. The average molecular weight is 355 g/mol. The Morgan fingerprint density at radius 3 is 2.67 bits per heavy atom. The smallest absolute Gasteiger partial charge is 0.236 e. The molecule has 1 rings (SSSR count). The summed E-state index contributed by atoms with van der Waals surface area (Å²) in [5.74, 6) is -0.748. The van der Waals surface area contributed by atoms with Crippen LogP contribution >= 0.6 is 0 Å². The van der Waals surface area contributed by atoms with Gasteiger partial charge in [0.25, 0.3) is 0 Å². The number of halogens is 1. The monoisotopic (exact) mass is 355 g/mol. The molecule has 1 N–H and O–H groups in total. The molecule has 0 saturated heterocycles. The summed E-state index contributed by atoms with van der Waals surface area (Å²) in [5, 5.41) is 7.97. The zero-order valence-corrected chi connectivity index (χ0v) is 15.7. The Labute approximate surface area is 145 Å². The maximum atomic E-state index is 14.1. The third-order valence-corrected chi connectivity index (χ3v) is 4.96. The molecule has 0 aliphatic heterocycles. The SMILES string of the molecule is C=C/C(F)=C(\OCCN(C)S(=O)C(C)(C)C)n1ccc(C)cc1=N. The number of allylic oxidation sites excluding steroid dienone is 2. The summed E-state index contributed by atoms with van der Waals surface area (Å²) >= 11 is 0. The van der Waals surface area contributed by atoms with E-state index < -0.39 is 16.8 Å². The number of hydrogen-bond donors (Lipinski definition) is 1. The second-order valence-corrected chi connectivity index (χ2v) is 8.72. The third kappa shape index (κ3) is 5.42. The molecule has 1 unspecified atom stereocenters. The van der Waals surface area contributed by atoms with E-state index in [1.807, 2.05) is 27.7 Å². The van der Waals surface area contributed by atoms with Gasteiger partial charge in [-0.2, -0.15) is 0 Å². The lowest BCUT2D eigenvalue weighted by Gasteiger charge is -2.25. The van der Waals surface area contributed by atoms with Crippen molar-refractivity contribution in [2.24, 2.45) is 0 Å². The summed E-state index contributed by atoms with van der Waals surface area (Å²) in [6, 6.07) is 3.37. The number of nitrogens with one attached hydrogen (secondary N) is 1. The van der Waals surface area contributed by atoms with E-state index in [1.54, 1.807) is 29.7 Å². The van der Waals surface area contributed by atoms with Crippen LogP contribution in [0.3, 0.4) is 0 Å². The van der Waals surface area contributed by atoms with Crippen molar-refractivity contribution in [1.82, 2.24) is 8.87 Å². The fourth-order valence-electron chi connectivity index (χ4n) is 1.94. The van der Waals surface area contributed by atoms with Crippen molar-refractivity contribution in [3.05, 3.63) is 47.9 Å². The van der Waals surface area contributed by atoms with Gasteiger partial charge in [-0.15, -0.1) is 0 Å². The summed E-state index contributed by atoms with van der Waals surface area (Å²) < 4.78 is 34.5. The summed E-state index contributed by atoms with van der Waals surface area (Å²) in [7, 11) is 0.547. The molecule has 0 bridgehead atoms. The van der Waals surface area contributed by atoms with Crippen molar-refractivity contribution >= 4 is 16.9 Å². The third-order valence-electron chi connectivity index (χ3n) is 3.16. The Kier molecular flexibility index (Phi) is 7.10. The molecule has 1 atom stereocenters. The van der Waals surface area contributed by atoms with Crippen LogP contribution in [0, 0.1) is 12.3 Å². The Hall–Kier alpha value is -1.73. The second-order valence-electron chi connectivity index (χ2n) is 6.38. The van der Waals surface area contributed by atoms with E-state index in [2.05, 4.69) is 6.58 Å². The standard InChI is InChI=1S/C17H26FN3O2S/c1-7-14(18)16(21-9-8-13(2)12-15(21)19)23-11-10-20(6)24(22)17(3,4)5/h7-9,12,19H,1,10-11H2,2-6H3/b16-14+,19-15?. The number of aryl methyl sites for hydroxylation is 1. The minimum atomic E-state index is -1.18. The Bertz CT molecular complexity index is 705. The Balaban J connectivity index is 2.89. The van der Waals surface area contributed by atoms with E-state index >= 15 is 0 Å². The topological polar surface area (TPSA) is 58.3 Å². The number of likely N-dealkylation sites (N-methyl/N-ethyl adjacent to an activating group) is 1. The van der Waals surface area contributed by atoms with Crippen LogP contribution in [0.4, 0.5) is 4.39 Å². The van der Waals surface area contributed by atoms with Gasteiger partial charge in [0.15, 0.2) is 5.83 Å². The van der Waals surface area contributed by atoms with Gasteiger partial charge in [-0.25, -0.2) is 12.9 Å². The van der Waals surface area contributed by atoms with E-state index in [0.717, 1.165) is 11.6 Å². The highest BCUT2D eigenvalue weighted by Crippen LogP contribution is 2.16. The first-order valence-corrected chi connectivity index (χ1v) is 8.71. The first kappa shape index (κ1) is 20.3. The van der Waals surface area contributed by atoms with Gasteiger partial charge in [0, 0.05) is 12.7 Å². The van der Waals surface area contributed by atoms with Crippen LogP contribution < -0.4 is 5.49 Å². The molecule has 1 aromatic rings. The molecule has 0 fully saturated rings. The summed E-state index contributed by atoms with van der Waals surface area (Å²) in [6.45, 7) is 11.4. The molecule has 0 spiro atoms. The minimum Gasteiger partial charge on any atom is -0.475 e. The molecule has 0 saturated carbocycles. The van der Waals surface area contributed by atoms with Crippen LogP contribution in [0.5, 0.6) is 0 Å². The van der Waals surface area contributed by atoms with Crippen LogP contribution in [0.15, 0.2) is 36.8 Å². The molecular formula is C17H26FN3O2S. The predicted octanol–water partition coefficient (Wildman–Crippen LogP) is 2.97. The van der Waals surface area contributed by atoms with Crippen LogP contribution in [-0.2, 0) is 15.7 Å². The predicted molar refractivity (Wildman–Crippen MR) is 96.0 cm³/mol. The zero-order chi connectivity index (χ0) is 18.5. The van der Waals surface area contributed by atoms with Gasteiger partial charge < -0.3 is 4.74 Å². The normalized spacial score (nSPS) is 14.3. The first-order chi connectivity index (χ1) is 11.1. The van der Waals surface area contributed by atoms with Crippen LogP contribution in [-0.4, -0.2) is 38.0 Å². The quantitative estimate of drug-likeness (QED) is 0.604. The van der Waals surface area contributed by atoms with Crippen LogP contribution in [0.25, 0.3) is 5.88 Å². The minimum absolute atomic E-state index is 0.0926. The van der Waals surface area contributed by atoms with E-state index in [1.165, 1.54) is 4.57 Å². The highest BCUT2D eigenvalue weighted by Gasteiger charge is 2.23. The highest BCUT2D eigenvalue weighted by atomic mass is 32.2.